The summed E-state index contributed by atoms with van der Waals surface area (Å²) in [7, 11) is -3.89. The summed E-state index contributed by atoms with van der Waals surface area (Å²) in [5.74, 6) is -1.36. The van der Waals surface area contributed by atoms with E-state index in [-0.39, 0.29) is 11.3 Å². The SMILES string of the molecule is Cc1ccc(F)c([C@@H](C)[C@H](NS(=O)(=O)N2CC3C(C2)C3(C)C)c2n[nH]c(=O)o2)c1C. The number of nitrogens with one attached hydrogen (secondary N) is 2. The molecule has 1 aromatic heterocycles. The van der Waals surface area contributed by atoms with Gasteiger partial charge in [-0.2, -0.15) is 17.4 Å². The van der Waals surface area contributed by atoms with Crippen molar-refractivity contribution >= 4 is 10.2 Å². The van der Waals surface area contributed by atoms with Crippen LogP contribution in [0.15, 0.2) is 21.3 Å². The molecule has 2 N–H and O–H groups in total. The van der Waals surface area contributed by atoms with Gasteiger partial charge in [-0.05, 0) is 53.9 Å². The van der Waals surface area contributed by atoms with E-state index in [1.165, 1.54) is 10.4 Å². The molecule has 2 aromatic rings. The molecule has 4 rings (SSSR count). The van der Waals surface area contributed by atoms with Gasteiger partial charge in [0.15, 0.2) is 0 Å². The first-order chi connectivity index (χ1) is 13.9. The Morgan fingerprint density at radius 3 is 2.50 bits per heavy atom. The minimum Gasteiger partial charge on any atom is -0.391 e. The van der Waals surface area contributed by atoms with Crippen LogP contribution in [0.5, 0.6) is 0 Å². The Kier molecular flexibility index (Phi) is 4.94. The summed E-state index contributed by atoms with van der Waals surface area (Å²) in [4.78, 5) is 11.5. The number of fused-ring (bicyclic) bond motifs is 1. The largest absolute Gasteiger partial charge is 0.434 e. The van der Waals surface area contributed by atoms with Gasteiger partial charge in [-0.15, -0.1) is 5.10 Å². The highest BCUT2D eigenvalue weighted by Gasteiger charge is 2.63. The third kappa shape index (κ3) is 3.40. The van der Waals surface area contributed by atoms with Crippen molar-refractivity contribution in [2.24, 2.45) is 17.3 Å². The van der Waals surface area contributed by atoms with Crippen LogP contribution in [-0.2, 0) is 10.2 Å². The molecule has 2 aliphatic rings. The molecule has 4 atom stereocenters. The second-order valence-electron chi connectivity index (χ2n) is 9.09. The second kappa shape index (κ2) is 7.00. The molecule has 1 saturated heterocycles. The fraction of sp³-hybridized carbons (Fsp3) is 0.600. The molecule has 10 heteroatoms. The molecule has 2 unspecified atom stereocenters. The van der Waals surface area contributed by atoms with Gasteiger partial charge in [0, 0.05) is 19.0 Å². The average Bonchev–Trinajstić information content (AvgIpc) is 3.11. The van der Waals surface area contributed by atoms with Gasteiger partial charge in [0.05, 0.1) is 0 Å². The van der Waals surface area contributed by atoms with Crippen LogP contribution in [0.25, 0.3) is 0 Å². The van der Waals surface area contributed by atoms with Crippen molar-refractivity contribution in [1.29, 1.82) is 0 Å². The predicted octanol–water partition coefficient (Wildman–Crippen LogP) is 2.39. The van der Waals surface area contributed by atoms with Crippen LogP contribution in [0.4, 0.5) is 4.39 Å². The van der Waals surface area contributed by atoms with Crippen LogP contribution >= 0.6 is 0 Å². The lowest BCUT2D eigenvalue weighted by atomic mass is 9.88. The van der Waals surface area contributed by atoms with Crippen molar-refractivity contribution in [1.82, 2.24) is 19.2 Å². The summed E-state index contributed by atoms with van der Waals surface area (Å²) in [6.45, 7) is 10.5. The average molecular weight is 439 g/mol. The quantitative estimate of drug-likeness (QED) is 0.720. The Morgan fingerprint density at radius 1 is 1.30 bits per heavy atom. The lowest BCUT2D eigenvalue weighted by Gasteiger charge is -2.28. The van der Waals surface area contributed by atoms with E-state index in [4.69, 9.17) is 4.42 Å². The smallest absolute Gasteiger partial charge is 0.391 e. The molecule has 0 bridgehead atoms. The Morgan fingerprint density at radius 2 is 1.93 bits per heavy atom. The van der Waals surface area contributed by atoms with E-state index in [2.05, 4.69) is 28.8 Å². The van der Waals surface area contributed by atoms with Crippen molar-refractivity contribution < 1.29 is 17.2 Å². The molecule has 1 aliphatic carbocycles. The number of aromatic amines is 1. The van der Waals surface area contributed by atoms with Gasteiger partial charge >= 0.3 is 5.76 Å². The van der Waals surface area contributed by atoms with Gasteiger partial charge in [0.2, 0.25) is 5.89 Å². The maximum atomic E-state index is 14.7. The number of nitrogens with zero attached hydrogens (tertiary/aromatic N) is 2. The van der Waals surface area contributed by atoms with Gasteiger partial charge in [0.25, 0.3) is 10.2 Å². The van der Waals surface area contributed by atoms with E-state index in [0.717, 1.165) is 5.56 Å². The Labute approximate surface area is 175 Å². The number of benzene rings is 1. The van der Waals surface area contributed by atoms with Gasteiger partial charge in [-0.3, -0.25) is 0 Å². The highest BCUT2D eigenvalue weighted by molar-refractivity contribution is 7.87. The highest BCUT2D eigenvalue weighted by Crippen LogP contribution is 2.62. The van der Waals surface area contributed by atoms with Crippen LogP contribution in [0, 0.1) is 36.9 Å². The molecule has 164 valence electrons. The molecule has 0 spiro atoms. The lowest BCUT2D eigenvalue weighted by molar-refractivity contribution is 0.339. The zero-order chi connectivity index (χ0) is 22.0. The molecular formula is C20H27FN4O4S. The zero-order valence-electron chi connectivity index (χ0n) is 17.7. The number of halogens is 1. The molecule has 2 fully saturated rings. The minimum absolute atomic E-state index is 0.124. The number of hydrogen-bond acceptors (Lipinski definition) is 5. The van der Waals surface area contributed by atoms with Crippen molar-refractivity contribution in [3.05, 3.63) is 51.1 Å². The summed E-state index contributed by atoms with van der Waals surface area (Å²) < 4.78 is 50.1. The fourth-order valence-electron chi connectivity index (χ4n) is 4.80. The summed E-state index contributed by atoms with van der Waals surface area (Å²) >= 11 is 0. The summed E-state index contributed by atoms with van der Waals surface area (Å²) in [5.41, 5.74) is 2.12. The Bertz CT molecular complexity index is 1130. The monoisotopic (exact) mass is 438 g/mol. The maximum Gasteiger partial charge on any atom is 0.434 e. The predicted molar refractivity (Wildman–Crippen MR) is 109 cm³/mol. The highest BCUT2D eigenvalue weighted by atomic mass is 32.2. The minimum atomic E-state index is -3.89. The molecule has 2 heterocycles. The van der Waals surface area contributed by atoms with E-state index in [1.54, 1.807) is 19.9 Å². The molecule has 1 saturated carbocycles. The number of aromatic nitrogens is 2. The van der Waals surface area contributed by atoms with E-state index in [0.29, 0.717) is 36.1 Å². The number of H-pyrrole nitrogens is 1. The molecule has 0 radical (unpaired) electrons. The maximum absolute atomic E-state index is 14.7. The number of hydrogen-bond donors (Lipinski definition) is 2. The number of piperidine rings is 1. The van der Waals surface area contributed by atoms with Crippen molar-refractivity contribution in [2.45, 2.75) is 46.6 Å². The fourth-order valence-corrected chi connectivity index (χ4v) is 6.29. The lowest BCUT2D eigenvalue weighted by Crippen LogP contribution is -2.44. The Balaban J connectivity index is 1.67. The van der Waals surface area contributed by atoms with Crippen LogP contribution in [0.1, 0.15) is 55.3 Å². The van der Waals surface area contributed by atoms with Crippen molar-refractivity contribution in [3.8, 4) is 0 Å². The van der Waals surface area contributed by atoms with E-state index < -0.39 is 33.7 Å². The standard InChI is InChI=1S/C20H27FN4O4S/c1-10-6-7-15(21)16(11(10)2)12(3)17(18-22-23-19(26)29-18)24-30(27,28)25-8-13-14(9-25)20(13,4)5/h6-7,12-14,17,24H,8-9H2,1-5H3,(H,23,26)/t12-,13?,14?,17+/m1/s1. The summed E-state index contributed by atoms with van der Waals surface area (Å²) in [5, 5.41) is 5.99. The molecule has 1 aliphatic heterocycles. The first kappa shape index (κ1) is 21.2. The summed E-state index contributed by atoms with van der Waals surface area (Å²) in [6, 6.07) is 1.98. The molecule has 8 nitrogen and oxygen atoms in total. The van der Waals surface area contributed by atoms with Crippen molar-refractivity contribution in [2.75, 3.05) is 13.1 Å². The van der Waals surface area contributed by atoms with Gasteiger partial charge in [-0.25, -0.2) is 14.3 Å². The van der Waals surface area contributed by atoms with Crippen molar-refractivity contribution in [3.63, 3.8) is 0 Å². The van der Waals surface area contributed by atoms with Gasteiger partial charge in [-0.1, -0.05) is 26.8 Å². The summed E-state index contributed by atoms with van der Waals surface area (Å²) in [6.07, 6.45) is 0. The molecule has 1 aromatic carbocycles. The van der Waals surface area contributed by atoms with Crippen LogP contribution in [-0.4, -0.2) is 36.0 Å². The van der Waals surface area contributed by atoms with Gasteiger partial charge in [0.1, 0.15) is 11.9 Å². The number of rotatable bonds is 6. The van der Waals surface area contributed by atoms with Crippen LogP contribution < -0.4 is 10.5 Å². The molecular weight excluding hydrogens is 411 g/mol. The first-order valence-corrected chi connectivity index (χ1v) is 11.5. The third-order valence-electron chi connectivity index (χ3n) is 7.11. The molecule has 30 heavy (non-hydrogen) atoms. The van der Waals surface area contributed by atoms with Crippen LogP contribution in [0.2, 0.25) is 0 Å². The zero-order valence-corrected chi connectivity index (χ0v) is 18.5. The molecule has 0 amide bonds. The van der Waals surface area contributed by atoms with E-state index in [1.807, 2.05) is 6.92 Å². The number of aryl methyl sites for hydroxylation is 1. The van der Waals surface area contributed by atoms with Gasteiger partial charge < -0.3 is 4.42 Å². The van der Waals surface area contributed by atoms with E-state index >= 15 is 0 Å². The first-order valence-electron chi connectivity index (χ1n) is 10.0. The van der Waals surface area contributed by atoms with Crippen LogP contribution in [0.3, 0.4) is 0 Å². The normalized spacial score (nSPS) is 25.1. The third-order valence-corrected chi connectivity index (χ3v) is 8.64. The van der Waals surface area contributed by atoms with E-state index in [9.17, 15) is 17.6 Å². The topological polar surface area (TPSA) is 108 Å². The second-order valence-corrected chi connectivity index (χ2v) is 10.8. The Hall–Kier alpha value is -2.04.